The molecule has 8 heteroatoms. The van der Waals surface area contributed by atoms with Gasteiger partial charge in [0.25, 0.3) is 5.56 Å². The number of para-hydroxylation sites is 1. The maximum absolute atomic E-state index is 12.6. The molecule has 3 aromatic rings. The van der Waals surface area contributed by atoms with E-state index >= 15 is 0 Å². The van der Waals surface area contributed by atoms with E-state index in [0.717, 1.165) is 25.2 Å². The normalized spacial score (nSPS) is 19.0. The second-order valence-corrected chi connectivity index (χ2v) is 8.67. The van der Waals surface area contributed by atoms with E-state index < -0.39 is 11.2 Å². The zero-order valence-corrected chi connectivity index (χ0v) is 19.0. The standard InChI is InChI=1S/C25H30N4O4/c1-17-14-28(15-18(2)33-17)16-20-8-4-3-7-19(20)13-26-23(30)11-12-29-22-10-6-5-9-21(22)24(31)27-25(29)32/h3-10,17-18H,11-16H2,1-2H3,(H,26,30)(H,27,31,32). The molecular formula is C25H30N4O4. The molecule has 2 aromatic carbocycles. The molecule has 33 heavy (non-hydrogen) atoms. The van der Waals surface area contributed by atoms with E-state index in [-0.39, 0.29) is 31.1 Å². The lowest BCUT2D eigenvalue weighted by molar-refractivity contribution is -0.121. The van der Waals surface area contributed by atoms with Gasteiger partial charge in [-0.3, -0.25) is 24.0 Å². The van der Waals surface area contributed by atoms with Crippen LogP contribution in [0.25, 0.3) is 10.9 Å². The van der Waals surface area contributed by atoms with E-state index in [1.165, 1.54) is 10.1 Å². The first-order valence-electron chi connectivity index (χ1n) is 11.3. The van der Waals surface area contributed by atoms with Gasteiger partial charge in [0.15, 0.2) is 0 Å². The number of aromatic amines is 1. The number of fused-ring (bicyclic) bond motifs is 1. The number of aryl methyl sites for hydroxylation is 1. The van der Waals surface area contributed by atoms with E-state index in [9.17, 15) is 14.4 Å². The molecule has 0 bridgehead atoms. The number of amides is 1. The maximum Gasteiger partial charge on any atom is 0.328 e. The van der Waals surface area contributed by atoms with Crippen LogP contribution in [0, 0.1) is 0 Å². The number of rotatable bonds is 7. The predicted octanol–water partition coefficient (Wildman–Crippen LogP) is 2.01. The molecule has 1 aromatic heterocycles. The summed E-state index contributed by atoms with van der Waals surface area (Å²) < 4.78 is 7.26. The maximum atomic E-state index is 12.6. The Morgan fingerprint density at radius 2 is 1.70 bits per heavy atom. The van der Waals surface area contributed by atoms with Gasteiger partial charge in [-0.1, -0.05) is 36.4 Å². The lowest BCUT2D eigenvalue weighted by atomic mass is 10.1. The molecule has 174 valence electrons. The van der Waals surface area contributed by atoms with Crippen molar-refractivity contribution in [3.63, 3.8) is 0 Å². The fraction of sp³-hybridized carbons (Fsp3) is 0.400. The largest absolute Gasteiger partial charge is 0.373 e. The quantitative estimate of drug-likeness (QED) is 0.574. The molecule has 2 atom stereocenters. The highest BCUT2D eigenvalue weighted by molar-refractivity contribution is 5.78. The smallest absolute Gasteiger partial charge is 0.328 e. The van der Waals surface area contributed by atoms with Crippen molar-refractivity contribution in [1.29, 1.82) is 0 Å². The van der Waals surface area contributed by atoms with Gasteiger partial charge in [-0.05, 0) is 37.1 Å². The Balaban J connectivity index is 1.38. The monoisotopic (exact) mass is 450 g/mol. The molecule has 2 unspecified atom stereocenters. The van der Waals surface area contributed by atoms with Gasteiger partial charge in [0.1, 0.15) is 0 Å². The first-order chi connectivity index (χ1) is 15.9. The Morgan fingerprint density at radius 1 is 1.03 bits per heavy atom. The third-order valence-corrected chi connectivity index (χ3v) is 5.95. The van der Waals surface area contributed by atoms with Crippen LogP contribution in [0.15, 0.2) is 58.1 Å². The fourth-order valence-corrected chi connectivity index (χ4v) is 4.50. The summed E-state index contributed by atoms with van der Waals surface area (Å²) in [5, 5.41) is 3.40. The molecule has 2 N–H and O–H groups in total. The van der Waals surface area contributed by atoms with Gasteiger partial charge in [0.05, 0.1) is 23.1 Å². The second-order valence-electron chi connectivity index (χ2n) is 8.67. The van der Waals surface area contributed by atoms with Crippen LogP contribution < -0.4 is 16.6 Å². The number of morpholine rings is 1. The summed E-state index contributed by atoms with van der Waals surface area (Å²) in [7, 11) is 0. The number of nitrogens with zero attached hydrogens (tertiary/aromatic N) is 2. The van der Waals surface area contributed by atoms with Crippen molar-refractivity contribution in [2.45, 2.75) is 52.1 Å². The molecule has 0 aliphatic carbocycles. The highest BCUT2D eigenvalue weighted by Crippen LogP contribution is 2.17. The summed E-state index contributed by atoms with van der Waals surface area (Å²) in [5.74, 6) is -0.152. The average molecular weight is 451 g/mol. The Bertz CT molecular complexity index is 1240. The molecule has 1 amide bonds. The lowest BCUT2D eigenvalue weighted by Gasteiger charge is -2.35. The third-order valence-electron chi connectivity index (χ3n) is 5.95. The van der Waals surface area contributed by atoms with Gasteiger partial charge in [0, 0.05) is 39.1 Å². The van der Waals surface area contributed by atoms with Gasteiger partial charge >= 0.3 is 5.69 Å². The molecule has 2 heterocycles. The fourth-order valence-electron chi connectivity index (χ4n) is 4.50. The molecule has 4 rings (SSSR count). The van der Waals surface area contributed by atoms with Crippen molar-refractivity contribution in [3.05, 3.63) is 80.5 Å². The zero-order valence-electron chi connectivity index (χ0n) is 19.0. The van der Waals surface area contributed by atoms with E-state index in [1.807, 2.05) is 18.2 Å². The van der Waals surface area contributed by atoms with Gasteiger partial charge in [-0.2, -0.15) is 0 Å². The van der Waals surface area contributed by atoms with Crippen LogP contribution in [0.2, 0.25) is 0 Å². The van der Waals surface area contributed by atoms with Crippen LogP contribution in [0.5, 0.6) is 0 Å². The van der Waals surface area contributed by atoms with Crippen molar-refractivity contribution in [1.82, 2.24) is 19.8 Å². The molecule has 1 aliphatic rings. The summed E-state index contributed by atoms with van der Waals surface area (Å²) in [6.45, 7) is 7.36. The zero-order chi connectivity index (χ0) is 23.4. The number of benzene rings is 2. The average Bonchev–Trinajstić information content (AvgIpc) is 2.77. The number of ether oxygens (including phenoxy) is 1. The van der Waals surface area contributed by atoms with Crippen molar-refractivity contribution in [2.75, 3.05) is 13.1 Å². The predicted molar refractivity (Wildman–Crippen MR) is 127 cm³/mol. The van der Waals surface area contributed by atoms with Gasteiger partial charge in [-0.25, -0.2) is 4.79 Å². The molecule has 1 saturated heterocycles. The van der Waals surface area contributed by atoms with Crippen molar-refractivity contribution in [3.8, 4) is 0 Å². The van der Waals surface area contributed by atoms with Crippen LogP contribution in [0.1, 0.15) is 31.4 Å². The third kappa shape index (κ3) is 5.58. The number of nitrogens with one attached hydrogen (secondary N) is 2. The van der Waals surface area contributed by atoms with E-state index in [1.54, 1.807) is 24.3 Å². The number of hydrogen-bond donors (Lipinski definition) is 2. The highest BCUT2D eigenvalue weighted by Gasteiger charge is 2.22. The number of carbonyl (C=O) groups is 1. The molecule has 1 aliphatic heterocycles. The highest BCUT2D eigenvalue weighted by atomic mass is 16.5. The van der Waals surface area contributed by atoms with Gasteiger partial charge in [-0.15, -0.1) is 0 Å². The molecule has 0 spiro atoms. The summed E-state index contributed by atoms with van der Waals surface area (Å²) in [5.41, 5.74) is 1.85. The summed E-state index contributed by atoms with van der Waals surface area (Å²) in [6.07, 6.45) is 0.539. The van der Waals surface area contributed by atoms with E-state index in [2.05, 4.69) is 35.1 Å². The summed E-state index contributed by atoms with van der Waals surface area (Å²) >= 11 is 0. The van der Waals surface area contributed by atoms with Crippen LogP contribution in [-0.2, 0) is 29.2 Å². The second kappa shape index (κ2) is 10.1. The lowest BCUT2D eigenvalue weighted by Crippen LogP contribution is -2.45. The van der Waals surface area contributed by atoms with Crippen LogP contribution in [0.4, 0.5) is 0 Å². The first kappa shape index (κ1) is 22.9. The number of hydrogen-bond acceptors (Lipinski definition) is 5. The number of aromatic nitrogens is 2. The number of carbonyl (C=O) groups excluding carboxylic acids is 1. The molecular weight excluding hydrogens is 420 g/mol. The molecule has 0 saturated carbocycles. The Morgan fingerprint density at radius 3 is 2.45 bits per heavy atom. The van der Waals surface area contributed by atoms with Crippen LogP contribution in [0.3, 0.4) is 0 Å². The Labute approximate surface area is 192 Å². The Hall–Kier alpha value is -3.23. The van der Waals surface area contributed by atoms with Crippen molar-refractivity contribution < 1.29 is 9.53 Å². The van der Waals surface area contributed by atoms with Crippen LogP contribution in [-0.4, -0.2) is 45.7 Å². The number of H-pyrrole nitrogens is 1. The topological polar surface area (TPSA) is 96.4 Å². The minimum atomic E-state index is -0.509. The first-order valence-corrected chi connectivity index (χ1v) is 11.3. The molecule has 1 fully saturated rings. The van der Waals surface area contributed by atoms with Crippen LogP contribution >= 0.6 is 0 Å². The summed E-state index contributed by atoms with van der Waals surface area (Å²) in [6, 6.07) is 15.0. The van der Waals surface area contributed by atoms with Crippen molar-refractivity contribution in [2.24, 2.45) is 0 Å². The summed E-state index contributed by atoms with van der Waals surface area (Å²) in [4.78, 5) is 41.6. The SMILES string of the molecule is CC1CN(Cc2ccccc2CNC(=O)CCn2c(=O)[nH]c(=O)c3ccccc32)CC(C)O1. The van der Waals surface area contributed by atoms with Gasteiger partial charge in [0.2, 0.25) is 5.91 Å². The minimum Gasteiger partial charge on any atom is -0.373 e. The van der Waals surface area contributed by atoms with E-state index in [0.29, 0.717) is 17.4 Å². The van der Waals surface area contributed by atoms with E-state index in [4.69, 9.17) is 4.74 Å². The Kier molecular flexibility index (Phi) is 7.05. The minimum absolute atomic E-state index is 0.136. The van der Waals surface area contributed by atoms with Crippen molar-refractivity contribution >= 4 is 16.8 Å². The van der Waals surface area contributed by atoms with Gasteiger partial charge < -0.3 is 10.1 Å². The molecule has 0 radical (unpaired) electrons. The molecule has 8 nitrogen and oxygen atoms in total.